The maximum absolute atomic E-state index is 11.6. The summed E-state index contributed by atoms with van der Waals surface area (Å²) in [6.07, 6.45) is -0.577. The number of anilines is 1. The van der Waals surface area contributed by atoms with E-state index in [0.29, 0.717) is 17.0 Å². The summed E-state index contributed by atoms with van der Waals surface area (Å²) >= 11 is 0. The fourth-order valence-corrected chi connectivity index (χ4v) is 1.21. The second-order valence-electron chi connectivity index (χ2n) is 3.55. The lowest BCUT2D eigenvalue weighted by molar-refractivity contribution is 0.0923. The first-order valence-electron chi connectivity index (χ1n) is 4.93. The minimum absolute atomic E-state index is 0.204. The molecule has 0 spiro atoms. The van der Waals surface area contributed by atoms with Crippen molar-refractivity contribution in [3.8, 4) is 5.75 Å². The first-order chi connectivity index (χ1) is 7.52. The number of aliphatic hydroxyl groups excluding tert-OH is 1. The third-order valence-electron chi connectivity index (χ3n) is 1.98. The van der Waals surface area contributed by atoms with Gasteiger partial charge in [0.25, 0.3) is 5.91 Å². The lowest BCUT2D eigenvalue weighted by atomic mass is 10.1. The fourth-order valence-electron chi connectivity index (χ4n) is 1.21. The molecule has 88 valence electrons. The molecule has 0 bridgehead atoms. The zero-order chi connectivity index (χ0) is 12.1. The van der Waals surface area contributed by atoms with Crippen LogP contribution in [-0.2, 0) is 0 Å². The van der Waals surface area contributed by atoms with Gasteiger partial charge in [-0.2, -0.15) is 0 Å². The summed E-state index contributed by atoms with van der Waals surface area (Å²) in [5.41, 5.74) is 6.49. The van der Waals surface area contributed by atoms with Crippen LogP contribution in [0.4, 0.5) is 5.69 Å². The Labute approximate surface area is 94.2 Å². The second-order valence-corrected chi connectivity index (χ2v) is 3.55. The van der Waals surface area contributed by atoms with Crippen molar-refractivity contribution >= 4 is 11.6 Å². The van der Waals surface area contributed by atoms with Gasteiger partial charge in [-0.1, -0.05) is 0 Å². The van der Waals surface area contributed by atoms with E-state index in [0.717, 1.165) is 0 Å². The summed E-state index contributed by atoms with van der Waals surface area (Å²) in [4.78, 5) is 11.6. The van der Waals surface area contributed by atoms with Crippen molar-refractivity contribution in [3.05, 3.63) is 23.8 Å². The van der Waals surface area contributed by atoms with Gasteiger partial charge in [-0.3, -0.25) is 4.79 Å². The van der Waals surface area contributed by atoms with Gasteiger partial charge in [0.1, 0.15) is 5.75 Å². The first-order valence-corrected chi connectivity index (χ1v) is 4.93. The van der Waals surface area contributed by atoms with Gasteiger partial charge in [-0.15, -0.1) is 0 Å². The zero-order valence-electron chi connectivity index (χ0n) is 9.36. The monoisotopic (exact) mass is 224 g/mol. The third kappa shape index (κ3) is 3.43. The van der Waals surface area contributed by atoms with Crippen LogP contribution in [0, 0.1) is 0 Å². The maximum atomic E-state index is 11.6. The lowest BCUT2D eigenvalue weighted by Gasteiger charge is -2.09. The quantitative estimate of drug-likeness (QED) is 0.646. The maximum Gasteiger partial charge on any atom is 0.251 e. The number of nitrogen functional groups attached to an aromatic ring is 1. The number of benzene rings is 1. The lowest BCUT2D eigenvalue weighted by Crippen LogP contribution is -2.30. The molecule has 0 radical (unpaired) electrons. The Kier molecular flexibility index (Phi) is 4.13. The Morgan fingerprint density at radius 3 is 2.81 bits per heavy atom. The van der Waals surface area contributed by atoms with Crippen molar-refractivity contribution in [3.63, 3.8) is 0 Å². The molecule has 0 heterocycles. The highest BCUT2D eigenvalue weighted by atomic mass is 16.5. The number of hydrogen-bond acceptors (Lipinski definition) is 4. The van der Waals surface area contributed by atoms with Gasteiger partial charge in [0.15, 0.2) is 0 Å². The number of ether oxygens (including phenoxy) is 1. The molecule has 1 amide bonds. The van der Waals surface area contributed by atoms with Crippen molar-refractivity contribution in [1.29, 1.82) is 0 Å². The summed E-state index contributed by atoms with van der Waals surface area (Å²) in [5.74, 6) is 0.244. The topological polar surface area (TPSA) is 84.6 Å². The predicted molar refractivity (Wildman–Crippen MR) is 61.4 cm³/mol. The molecule has 0 aromatic heterocycles. The van der Waals surface area contributed by atoms with E-state index in [2.05, 4.69) is 5.32 Å². The number of hydrogen-bond donors (Lipinski definition) is 3. The first kappa shape index (κ1) is 12.3. The Balaban J connectivity index is 2.78. The molecule has 1 rings (SSSR count). The summed E-state index contributed by atoms with van der Waals surface area (Å²) in [6, 6.07) is 4.78. The number of rotatable bonds is 4. The van der Waals surface area contributed by atoms with E-state index in [9.17, 15) is 4.79 Å². The van der Waals surface area contributed by atoms with E-state index in [1.807, 2.05) is 0 Å². The van der Waals surface area contributed by atoms with Crippen LogP contribution in [0.3, 0.4) is 0 Å². The molecule has 1 aromatic carbocycles. The van der Waals surface area contributed by atoms with Gasteiger partial charge >= 0.3 is 0 Å². The van der Waals surface area contributed by atoms with Crippen molar-refractivity contribution < 1.29 is 14.6 Å². The molecule has 5 nitrogen and oxygen atoms in total. The van der Waals surface area contributed by atoms with Crippen molar-refractivity contribution in [2.75, 3.05) is 19.4 Å². The van der Waals surface area contributed by atoms with Crippen LogP contribution >= 0.6 is 0 Å². The molecular formula is C11H16N2O3. The Morgan fingerprint density at radius 2 is 2.25 bits per heavy atom. The number of nitrogens with one attached hydrogen (secondary N) is 1. The van der Waals surface area contributed by atoms with Crippen LogP contribution in [0.2, 0.25) is 0 Å². The molecule has 0 saturated heterocycles. The van der Waals surface area contributed by atoms with Crippen LogP contribution in [-0.4, -0.2) is 30.8 Å². The zero-order valence-corrected chi connectivity index (χ0v) is 9.36. The molecule has 0 fully saturated rings. The average molecular weight is 224 g/mol. The highest BCUT2D eigenvalue weighted by Crippen LogP contribution is 2.18. The van der Waals surface area contributed by atoms with Crippen molar-refractivity contribution in [2.24, 2.45) is 0 Å². The van der Waals surface area contributed by atoms with E-state index in [1.165, 1.54) is 7.11 Å². The van der Waals surface area contributed by atoms with E-state index >= 15 is 0 Å². The SMILES string of the molecule is COc1cc(N)cc(C(=O)NC[C@H](C)O)c1. The van der Waals surface area contributed by atoms with E-state index in [4.69, 9.17) is 15.6 Å². The molecule has 0 saturated carbocycles. The summed E-state index contributed by atoms with van der Waals surface area (Å²) in [5, 5.41) is 11.6. The van der Waals surface area contributed by atoms with Gasteiger partial charge in [0.05, 0.1) is 13.2 Å². The normalized spacial score (nSPS) is 11.9. The van der Waals surface area contributed by atoms with Crippen LogP contribution in [0.15, 0.2) is 18.2 Å². The summed E-state index contributed by atoms with van der Waals surface area (Å²) in [6.45, 7) is 1.80. The van der Waals surface area contributed by atoms with Crippen molar-refractivity contribution in [2.45, 2.75) is 13.0 Å². The van der Waals surface area contributed by atoms with E-state index in [1.54, 1.807) is 25.1 Å². The summed E-state index contributed by atoms with van der Waals surface area (Å²) < 4.78 is 5.00. The number of carbonyl (C=O) groups excluding carboxylic acids is 1. The Morgan fingerprint density at radius 1 is 1.56 bits per heavy atom. The highest BCUT2D eigenvalue weighted by molar-refractivity contribution is 5.95. The Bertz CT molecular complexity index is 377. The van der Waals surface area contributed by atoms with Crippen LogP contribution in [0.5, 0.6) is 5.75 Å². The standard InChI is InChI=1S/C11H16N2O3/c1-7(14)6-13-11(15)8-3-9(12)5-10(4-8)16-2/h3-5,7,14H,6,12H2,1-2H3,(H,13,15)/t7-/m0/s1. The van der Waals surface area contributed by atoms with Crippen molar-refractivity contribution in [1.82, 2.24) is 5.32 Å². The molecule has 0 aliphatic heterocycles. The molecule has 5 heteroatoms. The summed E-state index contributed by atoms with van der Waals surface area (Å²) in [7, 11) is 1.51. The van der Waals surface area contributed by atoms with Gasteiger partial charge in [0, 0.05) is 23.9 Å². The molecule has 1 atom stereocenters. The number of carbonyl (C=O) groups is 1. The van der Waals surface area contributed by atoms with Gasteiger partial charge < -0.3 is 20.9 Å². The second kappa shape index (κ2) is 5.37. The minimum atomic E-state index is -0.577. The molecular weight excluding hydrogens is 208 g/mol. The largest absolute Gasteiger partial charge is 0.497 e. The smallest absolute Gasteiger partial charge is 0.251 e. The average Bonchev–Trinajstić information content (AvgIpc) is 2.24. The molecule has 0 aliphatic carbocycles. The van der Waals surface area contributed by atoms with Gasteiger partial charge in [0.2, 0.25) is 0 Å². The van der Waals surface area contributed by atoms with E-state index in [-0.39, 0.29) is 12.5 Å². The van der Waals surface area contributed by atoms with Crippen LogP contribution < -0.4 is 15.8 Å². The number of aliphatic hydroxyl groups is 1. The minimum Gasteiger partial charge on any atom is -0.497 e. The third-order valence-corrected chi connectivity index (χ3v) is 1.98. The molecule has 1 aromatic rings. The van der Waals surface area contributed by atoms with Gasteiger partial charge in [-0.25, -0.2) is 0 Å². The van der Waals surface area contributed by atoms with Crippen LogP contribution in [0.25, 0.3) is 0 Å². The highest BCUT2D eigenvalue weighted by Gasteiger charge is 2.08. The Hall–Kier alpha value is -1.75. The predicted octanol–water partition coefficient (Wildman–Crippen LogP) is 0.388. The molecule has 16 heavy (non-hydrogen) atoms. The van der Waals surface area contributed by atoms with Crippen LogP contribution in [0.1, 0.15) is 17.3 Å². The van der Waals surface area contributed by atoms with Gasteiger partial charge in [-0.05, 0) is 19.1 Å². The molecule has 4 N–H and O–H groups in total. The molecule has 0 unspecified atom stereocenters. The fraction of sp³-hybridized carbons (Fsp3) is 0.364. The van der Waals surface area contributed by atoms with E-state index < -0.39 is 6.10 Å². The number of nitrogens with two attached hydrogens (primary N) is 1. The number of amides is 1. The molecule has 0 aliphatic rings. The number of methoxy groups -OCH3 is 1.